The number of nitrogens with zero attached hydrogens (tertiary/aromatic N) is 1. The lowest BCUT2D eigenvalue weighted by Gasteiger charge is -2.23. The number of Topliss-reactive ketones (excluding diaryl/α,β-unsaturated/α-hetero) is 1. The van der Waals surface area contributed by atoms with Crippen molar-refractivity contribution in [3.8, 4) is 17.2 Å². The third-order valence-electron chi connectivity index (χ3n) is 5.53. The summed E-state index contributed by atoms with van der Waals surface area (Å²) in [5.41, 5.74) is 0.423. The lowest BCUT2D eigenvalue weighted by Crippen LogP contribution is -2.29. The highest BCUT2D eigenvalue weighted by atomic mass is 35.5. The van der Waals surface area contributed by atoms with E-state index >= 15 is 0 Å². The average Bonchev–Trinajstić information content (AvgIpc) is 3.51. The highest BCUT2D eigenvalue weighted by molar-refractivity contribution is 6.51. The molecule has 0 bridgehead atoms. The van der Waals surface area contributed by atoms with E-state index in [1.165, 1.54) is 18.1 Å². The Bertz CT molecular complexity index is 1330. The maximum atomic E-state index is 13.2. The molecule has 2 aliphatic heterocycles. The van der Waals surface area contributed by atoms with Gasteiger partial charge in [0.05, 0.1) is 18.2 Å². The number of hydrogen-bond acceptors (Lipinski definition) is 7. The van der Waals surface area contributed by atoms with Crippen molar-refractivity contribution < 1.29 is 33.3 Å². The van der Waals surface area contributed by atoms with E-state index in [1.54, 1.807) is 49.4 Å². The highest BCUT2D eigenvalue weighted by Crippen LogP contribution is 2.46. The predicted octanol–water partition coefficient (Wildman–Crippen LogP) is 4.61. The van der Waals surface area contributed by atoms with Crippen LogP contribution in [0.2, 0.25) is 5.02 Å². The van der Waals surface area contributed by atoms with Crippen LogP contribution < -0.4 is 19.1 Å². The zero-order valence-corrected chi connectivity index (χ0v) is 18.4. The SMILES string of the molecule is COc1ccc(Cl)cc1/C(O)=C1/C(=O)C(=O)N(c2ccc3c(c2)OCO3)C1c1ccc(C)o1. The summed E-state index contributed by atoms with van der Waals surface area (Å²) in [7, 11) is 1.43. The van der Waals surface area contributed by atoms with E-state index in [1.807, 2.05) is 0 Å². The molecule has 2 aliphatic rings. The Morgan fingerprint density at radius 3 is 2.61 bits per heavy atom. The number of rotatable bonds is 4. The van der Waals surface area contributed by atoms with Gasteiger partial charge in [0.25, 0.3) is 11.7 Å². The number of carbonyl (C=O) groups excluding carboxylic acids is 2. The molecule has 8 nitrogen and oxygen atoms in total. The van der Waals surface area contributed by atoms with Gasteiger partial charge in [0.1, 0.15) is 29.1 Å². The molecular formula is C24H18ClNO7. The Balaban J connectivity index is 1.73. The van der Waals surface area contributed by atoms with E-state index in [0.717, 1.165) is 0 Å². The number of amides is 1. The number of aliphatic hydroxyl groups is 1. The third kappa shape index (κ3) is 3.39. The van der Waals surface area contributed by atoms with E-state index in [0.29, 0.717) is 39.5 Å². The van der Waals surface area contributed by atoms with Crippen molar-refractivity contribution in [1.82, 2.24) is 0 Å². The molecule has 3 heterocycles. The Hall–Kier alpha value is -3.91. The molecule has 1 fully saturated rings. The number of carbonyl (C=O) groups is 2. The summed E-state index contributed by atoms with van der Waals surface area (Å²) in [6, 6.07) is 11.9. The van der Waals surface area contributed by atoms with Gasteiger partial charge in [-0.1, -0.05) is 11.6 Å². The van der Waals surface area contributed by atoms with E-state index in [9.17, 15) is 14.7 Å². The summed E-state index contributed by atoms with van der Waals surface area (Å²) in [5, 5.41) is 11.6. The molecule has 1 saturated heterocycles. The van der Waals surface area contributed by atoms with Crippen molar-refractivity contribution in [1.29, 1.82) is 0 Å². The Labute approximate surface area is 193 Å². The second kappa shape index (κ2) is 7.90. The van der Waals surface area contributed by atoms with Gasteiger partial charge in [0.15, 0.2) is 11.5 Å². The molecule has 1 unspecified atom stereocenters. The number of aliphatic hydroxyl groups excluding tert-OH is 1. The van der Waals surface area contributed by atoms with Crippen LogP contribution in [-0.2, 0) is 9.59 Å². The topological polar surface area (TPSA) is 98.4 Å². The van der Waals surface area contributed by atoms with E-state index in [-0.39, 0.29) is 17.9 Å². The summed E-state index contributed by atoms with van der Waals surface area (Å²) in [4.78, 5) is 27.7. The summed E-state index contributed by atoms with van der Waals surface area (Å²) in [5.74, 6) is 0.0514. The standard InChI is InChI=1S/C24H18ClNO7/c1-12-3-6-18(33-12)21-20(22(27)15-9-13(25)4-7-16(15)30-2)23(28)24(29)26(21)14-5-8-17-19(10-14)32-11-31-17/h3-10,21,27H,11H2,1-2H3/b22-20-. The van der Waals surface area contributed by atoms with E-state index < -0.39 is 23.5 Å². The van der Waals surface area contributed by atoms with Crippen molar-refractivity contribution in [2.75, 3.05) is 18.8 Å². The van der Waals surface area contributed by atoms with Crippen LogP contribution in [0.3, 0.4) is 0 Å². The van der Waals surface area contributed by atoms with Gasteiger partial charge in [-0.05, 0) is 49.4 Å². The molecule has 0 radical (unpaired) electrons. The van der Waals surface area contributed by atoms with E-state index in [4.69, 9.17) is 30.2 Å². The summed E-state index contributed by atoms with van der Waals surface area (Å²) in [6.45, 7) is 1.81. The van der Waals surface area contributed by atoms with Crippen LogP contribution in [0.15, 0.2) is 58.5 Å². The van der Waals surface area contributed by atoms with Gasteiger partial charge in [-0.3, -0.25) is 14.5 Å². The fraction of sp³-hybridized carbons (Fsp3) is 0.167. The molecule has 1 aromatic heterocycles. The molecule has 1 amide bonds. The van der Waals surface area contributed by atoms with Crippen molar-refractivity contribution in [3.63, 3.8) is 0 Å². The molecule has 33 heavy (non-hydrogen) atoms. The molecule has 168 valence electrons. The normalized spacial score (nSPS) is 18.8. The van der Waals surface area contributed by atoms with E-state index in [2.05, 4.69) is 0 Å². The Morgan fingerprint density at radius 1 is 1.09 bits per heavy atom. The van der Waals surface area contributed by atoms with Gasteiger partial charge < -0.3 is 23.7 Å². The summed E-state index contributed by atoms with van der Waals surface area (Å²) in [6.07, 6.45) is 0. The van der Waals surface area contributed by atoms with Crippen LogP contribution in [0.4, 0.5) is 5.69 Å². The predicted molar refractivity (Wildman–Crippen MR) is 119 cm³/mol. The number of fused-ring (bicyclic) bond motifs is 1. The van der Waals surface area contributed by atoms with Crippen LogP contribution in [0.25, 0.3) is 5.76 Å². The van der Waals surface area contributed by atoms with Crippen LogP contribution >= 0.6 is 11.6 Å². The van der Waals surface area contributed by atoms with Crippen molar-refractivity contribution in [2.24, 2.45) is 0 Å². The molecule has 1 N–H and O–H groups in total. The summed E-state index contributed by atoms with van der Waals surface area (Å²) >= 11 is 6.13. The largest absolute Gasteiger partial charge is 0.507 e. The molecule has 9 heteroatoms. The van der Waals surface area contributed by atoms with Gasteiger partial charge in [0.2, 0.25) is 6.79 Å². The molecule has 5 rings (SSSR count). The number of benzene rings is 2. The minimum Gasteiger partial charge on any atom is -0.507 e. The van der Waals surface area contributed by atoms with Crippen LogP contribution in [-0.4, -0.2) is 30.7 Å². The number of furan rings is 1. The average molecular weight is 468 g/mol. The number of aryl methyl sites for hydroxylation is 1. The number of ketones is 1. The number of halogens is 1. The smallest absolute Gasteiger partial charge is 0.300 e. The summed E-state index contributed by atoms with van der Waals surface area (Å²) < 4.78 is 21.9. The Kier molecular flexibility index (Phi) is 5.02. The highest BCUT2D eigenvalue weighted by Gasteiger charge is 2.49. The fourth-order valence-electron chi connectivity index (χ4n) is 4.01. The third-order valence-corrected chi connectivity index (χ3v) is 5.76. The molecule has 2 aromatic carbocycles. The van der Waals surface area contributed by atoms with Crippen LogP contribution in [0.1, 0.15) is 23.1 Å². The number of methoxy groups -OCH3 is 1. The molecule has 0 saturated carbocycles. The van der Waals surface area contributed by atoms with Crippen LogP contribution in [0.5, 0.6) is 17.2 Å². The quantitative estimate of drug-likeness (QED) is 0.340. The van der Waals surface area contributed by atoms with Crippen LogP contribution in [0, 0.1) is 6.92 Å². The van der Waals surface area contributed by atoms with Crippen molar-refractivity contribution in [3.05, 3.63) is 76.2 Å². The first kappa shape index (κ1) is 21.0. The minimum atomic E-state index is -1.03. The monoisotopic (exact) mass is 467 g/mol. The molecular weight excluding hydrogens is 450 g/mol. The van der Waals surface area contributed by atoms with Gasteiger partial charge in [-0.25, -0.2) is 0 Å². The Morgan fingerprint density at radius 2 is 1.88 bits per heavy atom. The van der Waals surface area contributed by atoms with Crippen molar-refractivity contribution in [2.45, 2.75) is 13.0 Å². The fourth-order valence-corrected chi connectivity index (χ4v) is 4.19. The number of anilines is 1. The first-order valence-electron chi connectivity index (χ1n) is 10.00. The maximum Gasteiger partial charge on any atom is 0.300 e. The zero-order chi connectivity index (χ0) is 23.3. The van der Waals surface area contributed by atoms with Gasteiger partial charge >= 0.3 is 0 Å². The van der Waals surface area contributed by atoms with Crippen molar-refractivity contribution >= 4 is 34.7 Å². The molecule has 1 atom stereocenters. The minimum absolute atomic E-state index is 0.0625. The maximum absolute atomic E-state index is 13.2. The number of ether oxygens (including phenoxy) is 3. The first-order valence-corrected chi connectivity index (χ1v) is 10.4. The molecule has 0 aliphatic carbocycles. The molecule has 3 aromatic rings. The number of hydrogen-bond donors (Lipinski definition) is 1. The first-order chi connectivity index (χ1) is 15.9. The lowest BCUT2D eigenvalue weighted by molar-refractivity contribution is -0.132. The second-order valence-corrected chi connectivity index (χ2v) is 7.94. The van der Waals surface area contributed by atoms with Gasteiger partial charge in [-0.15, -0.1) is 0 Å². The zero-order valence-electron chi connectivity index (χ0n) is 17.6. The van der Waals surface area contributed by atoms with Gasteiger partial charge in [-0.2, -0.15) is 0 Å². The molecule has 0 spiro atoms. The lowest BCUT2D eigenvalue weighted by atomic mass is 9.98. The van der Waals surface area contributed by atoms with Gasteiger partial charge in [0, 0.05) is 16.8 Å². The second-order valence-electron chi connectivity index (χ2n) is 7.50.